The molecule has 0 radical (unpaired) electrons. The van der Waals surface area contributed by atoms with Gasteiger partial charge in [0.25, 0.3) is 0 Å². The normalized spacial score (nSPS) is 18.5. The van der Waals surface area contributed by atoms with Gasteiger partial charge in [0.2, 0.25) is 0 Å². The molecule has 0 bridgehead atoms. The standard InChI is InChI=1S/C14H25N3O2S2/c1-4-8-15-11-6-5-7-12-13(11)20-14(16-12)17(2)9-10-21(3,18)19/h11,15H,4-10H2,1-3H3. The summed E-state index contributed by atoms with van der Waals surface area (Å²) in [4.78, 5) is 8.02. The molecule has 0 aliphatic heterocycles. The second kappa shape index (κ2) is 7.07. The van der Waals surface area contributed by atoms with Gasteiger partial charge in [0.05, 0.1) is 11.4 Å². The fraction of sp³-hybridized carbons (Fsp3) is 0.786. The van der Waals surface area contributed by atoms with Crippen LogP contribution >= 0.6 is 11.3 Å². The number of anilines is 1. The van der Waals surface area contributed by atoms with Gasteiger partial charge in [-0.05, 0) is 32.2 Å². The van der Waals surface area contributed by atoms with E-state index in [0.717, 1.165) is 24.5 Å². The minimum atomic E-state index is -2.93. The van der Waals surface area contributed by atoms with E-state index in [9.17, 15) is 8.42 Å². The number of sulfone groups is 1. The van der Waals surface area contributed by atoms with Gasteiger partial charge in [-0.2, -0.15) is 0 Å². The zero-order chi connectivity index (χ0) is 15.5. The molecule has 0 fully saturated rings. The number of aromatic nitrogens is 1. The van der Waals surface area contributed by atoms with Crippen molar-refractivity contribution in [1.82, 2.24) is 10.3 Å². The van der Waals surface area contributed by atoms with E-state index in [0.29, 0.717) is 12.6 Å². The lowest BCUT2D eigenvalue weighted by Crippen LogP contribution is -2.24. The van der Waals surface area contributed by atoms with Crippen LogP contribution in [0.25, 0.3) is 0 Å². The summed E-state index contributed by atoms with van der Waals surface area (Å²) >= 11 is 1.71. The Hall–Kier alpha value is -0.660. The van der Waals surface area contributed by atoms with Gasteiger partial charge in [0, 0.05) is 30.8 Å². The molecule has 1 aromatic rings. The highest BCUT2D eigenvalue weighted by atomic mass is 32.2. The van der Waals surface area contributed by atoms with Crippen LogP contribution in [-0.2, 0) is 16.3 Å². The largest absolute Gasteiger partial charge is 0.350 e. The molecular formula is C14H25N3O2S2. The second-order valence-electron chi connectivity index (χ2n) is 5.76. The highest BCUT2D eigenvalue weighted by Gasteiger charge is 2.25. The second-order valence-corrected chi connectivity index (χ2v) is 9.03. The predicted octanol–water partition coefficient (Wildman–Crippen LogP) is 2.00. The summed E-state index contributed by atoms with van der Waals surface area (Å²) in [7, 11) is -1.01. The van der Waals surface area contributed by atoms with Crippen LogP contribution in [0.2, 0.25) is 0 Å². The lowest BCUT2D eigenvalue weighted by atomic mass is 9.98. The van der Waals surface area contributed by atoms with E-state index in [1.807, 2.05) is 11.9 Å². The van der Waals surface area contributed by atoms with Crippen molar-refractivity contribution < 1.29 is 8.42 Å². The van der Waals surface area contributed by atoms with Crippen molar-refractivity contribution in [2.24, 2.45) is 0 Å². The van der Waals surface area contributed by atoms with E-state index in [1.165, 1.54) is 29.7 Å². The monoisotopic (exact) mass is 331 g/mol. The molecule has 1 aliphatic carbocycles. The molecule has 1 aromatic heterocycles. The molecule has 5 nitrogen and oxygen atoms in total. The topological polar surface area (TPSA) is 62.3 Å². The van der Waals surface area contributed by atoms with E-state index < -0.39 is 9.84 Å². The summed E-state index contributed by atoms with van der Waals surface area (Å²) in [5.74, 6) is 0.172. The van der Waals surface area contributed by atoms with E-state index in [1.54, 1.807) is 11.3 Å². The number of aryl methyl sites for hydroxylation is 1. The molecule has 120 valence electrons. The van der Waals surface area contributed by atoms with Crippen LogP contribution in [-0.4, -0.2) is 45.5 Å². The van der Waals surface area contributed by atoms with Crippen LogP contribution in [0.3, 0.4) is 0 Å². The van der Waals surface area contributed by atoms with Gasteiger partial charge in [0.15, 0.2) is 5.13 Å². The van der Waals surface area contributed by atoms with E-state index in [-0.39, 0.29) is 5.75 Å². The Bertz CT molecular complexity index is 569. The first kappa shape index (κ1) is 16.7. The molecule has 2 rings (SSSR count). The van der Waals surface area contributed by atoms with Crippen LogP contribution < -0.4 is 10.2 Å². The molecule has 1 heterocycles. The summed E-state index contributed by atoms with van der Waals surface area (Å²) < 4.78 is 22.6. The molecule has 0 saturated heterocycles. The summed E-state index contributed by atoms with van der Waals surface area (Å²) in [5, 5.41) is 4.53. The molecule has 1 unspecified atom stereocenters. The molecule has 0 amide bonds. The van der Waals surface area contributed by atoms with Gasteiger partial charge >= 0.3 is 0 Å². The van der Waals surface area contributed by atoms with Crippen molar-refractivity contribution in [2.75, 3.05) is 37.0 Å². The maximum absolute atomic E-state index is 11.3. The molecule has 0 aromatic carbocycles. The molecule has 1 atom stereocenters. The number of hydrogen-bond acceptors (Lipinski definition) is 6. The van der Waals surface area contributed by atoms with Crippen molar-refractivity contribution in [3.63, 3.8) is 0 Å². The maximum Gasteiger partial charge on any atom is 0.185 e. The average Bonchev–Trinajstić information content (AvgIpc) is 2.86. The molecule has 0 spiro atoms. The van der Waals surface area contributed by atoms with Gasteiger partial charge in [0.1, 0.15) is 9.84 Å². The van der Waals surface area contributed by atoms with Crippen molar-refractivity contribution in [3.8, 4) is 0 Å². The SMILES string of the molecule is CCCNC1CCCc2nc(N(C)CCS(C)(=O)=O)sc21. The summed E-state index contributed by atoms with van der Waals surface area (Å²) in [6.45, 7) is 3.70. The molecule has 0 saturated carbocycles. The quantitative estimate of drug-likeness (QED) is 0.828. The minimum Gasteiger partial charge on any atom is -0.350 e. The molecular weight excluding hydrogens is 306 g/mol. The Morgan fingerprint density at radius 2 is 2.24 bits per heavy atom. The third-order valence-corrected chi connectivity index (χ3v) is 5.95. The average molecular weight is 332 g/mol. The Kier molecular flexibility index (Phi) is 5.62. The zero-order valence-electron chi connectivity index (χ0n) is 13.1. The number of hydrogen-bond donors (Lipinski definition) is 1. The fourth-order valence-corrected chi connectivity index (χ4v) is 4.30. The first-order valence-electron chi connectivity index (χ1n) is 7.52. The lowest BCUT2D eigenvalue weighted by molar-refractivity contribution is 0.464. The van der Waals surface area contributed by atoms with Crippen LogP contribution in [0, 0.1) is 0 Å². The number of fused-ring (bicyclic) bond motifs is 1. The number of rotatable bonds is 7. The third kappa shape index (κ3) is 4.66. The first-order valence-corrected chi connectivity index (χ1v) is 10.4. The van der Waals surface area contributed by atoms with E-state index in [2.05, 4.69) is 12.2 Å². The van der Waals surface area contributed by atoms with Crippen molar-refractivity contribution >= 4 is 26.3 Å². The number of nitrogens with one attached hydrogen (secondary N) is 1. The van der Waals surface area contributed by atoms with E-state index in [4.69, 9.17) is 4.98 Å². The van der Waals surface area contributed by atoms with Gasteiger partial charge in [-0.3, -0.25) is 0 Å². The van der Waals surface area contributed by atoms with Crippen LogP contribution in [0.5, 0.6) is 0 Å². The lowest BCUT2D eigenvalue weighted by Gasteiger charge is -2.22. The van der Waals surface area contributed by atoms with Gasteiger partial charge < -0.3 is 10.2 Å². The Labute approximate surface area is 131 Å². The van der Waals surface area contributed by atoms with E-state index >= 15 is 0 Å². The summed E-state index contributed by atoms with van der Waals surface area (Å²) in [6, 6.07) is 0.420. The maximum atomic E-state index is 11.3. The Morgan fingerprint density at radius 1 is 1.48 bits per heavy atom. The van der Waals surface area contributed by atoms with Gasteiger partial charge in [-0.25, -0.2) is 13.4 Å². The smallest absolute Gasteiger partial charge is 0.185 e. The highest BCUT2D eigenvalue weighted by Crippen LogP contribution is 2.37. The van der Waals surface area contributed by atoms with Gasteiger partial charge in [-0.15, -0.1) is 0 Å². The molecule has 21 heavy (non-hydrogen) atoms. The molecule has 1 aliphatic rings. The van der Waals surface area contributed by atoms with Crippen LogP contribution in [0.15, 0.2) is 0 Å². The zero-order valence-corrected chi connectivity index (χ0v) is 14.7. The van der Waals surface area contributed by atoms with Crippen molar-refractivity contribution in [2.45, 2.75) is 38.6 Å². The number of nitrogens with zero attached hydrogens (tertiary/aromatic N) is 2. The van der Waals surface area contributed by atoms with Crippen molar-refractivity contribution in [1.29, 1.82) is 0 Å². The third-order valence-electron chi connectivity index (χ3n) is 3.70. The predicted molar refractivity (Wildman–Crippen MR) is 89.1 cm³/mol. The van der Waals surface area contributed by atoms with Crippen LogP contribution in [0.1, 0.15) is 42.8 Å². The Balaban J connectivity index is 2.07. The minimum absolute atomic E-state index is 0.172. The summed E-state index contributed by atoms with van der Waals surface area (Å²) in [5.41, 5.74) is 1.20. The fourth-order valence-electron chi connectivity index (χ4n) is 2.48. The molecule has 1 N–H and O–H groups in total. The van der Waals surface area contributed by atoms with Crippen LogP contribution in [0.4, 0.5) is 5.13 Å². The van der Waals surface area contributed by atoms with Crippen molar-refractivity contribution in [3.05, 3.63) is 10.6 Å². The summed E-state index contributed by atoms with van der Waals surface area (Å²) in [6.07, 6.45) is 5.78. The number of thiazole rings is 1. The van der Waals surface area contributed by atoms with Gasteiger partial charge in [-0.1, -0.05) is 18.3 Å². The highest BCUT2D eigenvalue weighted by molar-refractivity contribution is 7.90. The Morgan fingerprint density at radius 3 is 2.90 bits per heavy atom. The molecule has 7 heteroatoms. The first-order chi connectivity index (χ1) is 9.90.